The highest BCUT2D eigenvalue weighted by Gasteiger charge is 2.01. The van der Waals surface area contributed by atoms with Crippen molar-refractivity contribution < 1.29 is 1.37 Å². The highest BCUT2D eigenvalue weighted by Crippen LogP contribution is 2.19. The van der Waals surface area contributed by atoms with Gasteiger partial charge in [0.15, 0.2) is 0 Å². The summed E-state index contributed by atoms with van der Waals surface area (Å²) in [4.78, 5) is 7.04. The Kier molecular flexibility index (Phi) is 2.04. The van der Waals surface area contributed by atoms with Crippen LogP contribution < -0.4 is 0 Å². The molecule has 0 atom stereocenters. The van der Waals surface area contributed by atoms with Crippen molar-refractivity contribution >= 4 is 0 Å². The molecule has 1 N–H and O–H groups in total. The summed E-state index contributed by atoms with van der Waals surface area (Å²) in [5.74, 6) is 1.30. The maximum Gasteiger partial charge on any atom is 0.137 e. The molecule has 0 radical (unpaired) electrons. The van der Waals surface area contributed by atoms with Gasteiger partial charge in [0.25, 0.3) is 0 Å². The predicted octanol–water partition coefficient (Wildman–Crippen LogP) is 3.20. The lowest BCUT2D eigenvalue weighted by atomic mass is 10.0. The van der Waals surface area contributed by atoms with Crippen molar-refractivity contribution in [2.24, 2.45) is 0 Å². The monoisotopic (exact) mass is 187 g/mol. The maximum atomic E-state index is 7.33. The van der Waals surface area contributed by atoms with Gasteiger partial charge in [0.05, 0.1) is 1.37 Å². The Hall–Kier alpha value is -1.57. The molecule has 0 amide bonds. The molecule has 0 bridgehead atoms. The van der Waals surface area contributed by atoms with E-state index in [9.17, 15) is 0 Å². The van der Waals surface area contributed by atoms with Crippen molar-refractivity contribution in [1.29, 1.82) is 0 Å². The van der Waals surface area contributed by atoms with Gasteiger partial charge >= 0.3 is 0 Å². The van der Waals surface area contributed by atoms with Crippen molar-refractivity contribution in [2.45, 2.75) is 19.8 Å². The van der Waals surface area contributed by atoms with Gasteiger partial charge in [-0.05, 0) is 11.5 Å². The molecule has 1 heterocycles. The van der Waals surface area contributed by atoms with E-state index in [-0.39, 0.29) is 6.17 Å². The Morgan fingerprint density at radius 3 is 2.50 bits per heavy atom. The third-order valence-corrected chi connectivity index (χ3v) is 2.30. The number of aromatic amines is 1. The van der Waals surface area contributed by atoms with E-state index in [1.54, 1.807) is 6.20 Å². The van der Waals surface area contributed by atoms with Crippen LogP contribution in [0.5, 0.6) is 0 Å². The SMILES string of the molecule is [2H]c1c[nH]c(-c2ccc(C(C)C)cc2)n1. The Labute approximate surface area is 85.4 Å². The molecule has 14 heavy (non-hydrogen) atoms. The fourth-order valence-corrected chi connectivity index (χ4v) is 1.40. The van der Waals surface area contributed by atoms with E-state index in [1.807, 2.05) is 12.1 Å². The number of hydrogen-bond donors (Lipinski definition) is 1. The molecule has 2 nitrogen and oxygen atoms in total. The molecule has 2 heteroatoms. The molecule has 1 aromatic carbocycles. The van der Waals surface area contributed by atoms with E-state index in [0.717, 1.165) is 11.4 Å². The van der Waals surface area contributed by atoms with Gasteiger partial charge in [-0.1, -0.05) is 38.1 Å². The smallest absolute Gasteiger partial charge is 0.137 e. The Morgan fingerprint density at radius 2 is 2.00 bits per heavy atom. The van der Waals surface area contributed by atoms with Crippen molar-refractivity contribution in [1.82, 2.24) is 9.97 Å². The van der Waals surface area contributed by atoms with E-state index < -0.39 is 0 Å². The molecule has 72 valence electrons. The highest BCUT2D eigenvalue weighted by molar-refractivity contribution is 5.55. The normalized spacial score (nSPS) is 11.8. The lowest BCUT2D eigenvalue weighted by molar-refractivity contribution is 0.867. The molecule has 2 aromatic rings. The minimum absolute atomic E-state index is 0.276. The van der Waals surface area contributed by atoms with Crippen LogP contribution in [0.4, 0.5) is 0 Å². The maximum absolute atomic E-state index is 7.33. The lowest BCUT2D eigenvalue weighted by Crippen LogP contribution is -1.87. The predicted molar refractivity (Wildman–Crippen MR) is 58.1 cm³/mol. The summed E-state index contributed by atoms with van der Waals surface area (Å²) in [6.45, 7) is 4.34. The second-order valence-electron chi connectivity index (χ2n) is 3.65. The molecular weight excluding hydrogens is 172 g/mol. The molecule has 0 saturated carbocycles. The van der Waals surface area contributed by atoms with Crippen molar-refractivity contribution in [3.05, 3.63) is 42.2 Å². The first-order valence-electron chi connectivity index (χ1n) is 5.29. The molecular formula is C12H14N2. The average molecular weight is 187 g/mol. The van der Waals surface area contributed by atoms with Gasteiger partial charge in [-0.3, -0.25) is 0 Å². The van der Waals surface area contributed by atoms with Crippen LogP contribution in [0, 0.1) is 0 Å². The van der Waals surface area contributed by atoms with E-state index >= 15 is 0 Å². The quantitative estimate of drug-likeness (QED) is 0.768. The number of nitrogens with one attached hydrogen (secondary N) is 1. The lowest BCUT2D eigenvalue weighted by Gasteiger charge is -2.05. The van der Waals surface area contributed by atoms with Gasteiger partial charge in [0.2, 0.25) is 0 Å². The summed E-state index contributed by atoms with van der Waals surface area (Å²) in [5, 5.41) is 0. The van der Waals surface area contributed by atoms with E-state index in [4.69, 9.17) is 1.37 Å². The van der Waals surface area contributed by atoms with Gasteiger partial charge in [-0.15, -0.1) is 0 Å². The molecule has 0 aliphatic heterocycles. The average Bonchev–Trinajstić information content (AvgIpc) is 2.65. The molecule has 0 spiro atoms. The van der Waals surface area contributed by atoms with Gasteiger partial charge in [-0.25, -0.2) is 4.98 Å². The molecule has 0 aliphatic rings. The van der Waals surface area contributed by atoms with Crippen LogP contribution in [0.25, 0.3) is 11.4 Å². The molecule has 0 saturated heterocycles. The van der Waals surface area contributed by atoms with Crippen LogP contribution in [0.1, 0.15) is 26.7 Å². The van der Waals surface area contributed by atoms with Crippen LogP contribution in [0.15, 0.2) is 36.6 Å². The largest absolute Gasteiger partial charge is 0.345 e. The Bertz CT molecular complexity index is 443. The summed E-state index contributed by atoms with van der Waals surface area (Å²) in [7, 11) is 0. The summed E-state index contributed by atoms with van der Waals surface area (Å²) in [5.41, 5.74) is 2.34. The second kappa shape index (κ2) is 3.66. The van der Waals surface area contributed by atoms with Gasteiger partial charge < -0.3 is 4.98 Å². The number of nitrogens with zero attached hydrogens (tertiary/aromatic N) is 1. The van der Waals surface area contributed by atoms with Crippen molar-refractivity contribution in [3.63, 3.8) is 0 Å². The van der Waals surface area contributed by atoms with Crippen molar-refractivity contribution in [3.8, 4) is 11.4 Å². The summed E-state index contributed by atoms with van der Waals surface area (Å²) < 4.78 is 7.33. The fraction of sp³-hybridized carbons (Fsp3) is 0.250. The third kappa shape index (κ3) is 1.69. The Morgan fingerprint density at radius 1 is 1.29 bits per heavy atom. The topological polar surface area (TPSA) is 28.7 Å². The standard InChI is InChI=1S/C12H14N2/c1-9(2)10-3-5-11(6-4-10)12-13-7-8-14-12/h3-9H,1-2H3,(H,13,14)/i7D. The third-order valence-electron chi connectivity index (χ3n) is 2.30. The number of hydrogen-bond acceptors (Lipinski definition) is 1. The number of aromatic nitrogens is 2. The minimum Gasteiger partial charge on any atom is -0.345 e. The zero-order valence-electron chi connectivity index (χ0n) is 9.41. The first-order valence-corrected chi connectivity index (χ1v) is 4.79. The fourth-order valence-electron chi connectivity index (χ4n) is 1.40. The van der Waals surface area contributed by atoms with Crippen LogP contribution in [-0.2, 0) is 0 Å². The Balaban J connectivity index is 2.31. The molecule has 0 unspecified atom stereocenters. The number of H-pyrrole nitrogens is 1. The summed E-state index contributed by atoms with van der Waals surface area (Å²) in [6.07, 6.45) is 1.86. The van der Waals surface area contributed by atoms with Crippen LogP contribution in [-0.4, -0.2) is 9.97 Å². The zero-order valence-corrected chi connectivity index (χ0v) is 8.41. The highest BCUT2D eigenvalue weighted by atomic mass is 14.9. The second-order valence-corrected chi connectivity index (χ2v) is 3.65. The van der Waals surface area contributed by atoms with E-state index in [2.05, 4.69) is 35.9 Å². The van der Waals surface area contributed by atoms with E-state index in [0.29, 0.717) is 5.92 Å². The van der Waals surface area contributed by atoms with Crippen LogP contribution >= 0.6 is 0 Å². The first kappa shape index (κ1) is 7.80. The zero-order chi connectivity index (χ0) is 10.8. The number of imidazole rings is 1. The van der Waals surface area contributed by atoms with Gasteiger partial charge in [0.1, 0.15) is 5.82 Å². The number of benzene rings is 1. The molecule has 0 aliphatic carbocycles. The van der Waals surface area contributed by atoms with E-state index in [1.165, 1.54) is 5.56 Å². The summed E-state index contributed by atoms with van der Waals surface area (Å²) >= 11 is 0. The number of rotatable bonds is 2. The van der Waals surface area contributed by atoms with Crippen LogP contribution in [0.2, 0.25) is 0 Å². The molecule has 0 fully saturated rings. The van der Waals surface area contributed by atoms with Gasteiger partial charge in [-0.2, -0.15) is 0 Å². The first-order chi connectivity index (χ1) is 7.16. The molecule has 1 aromatic heterocycles. The summed E-state index contributed by atoms with van der Waals surface area (Å²) in [6, 6.07) is 8.28. The van der Waals surface area contributed by atoms with Crippen molar-refractivity contribution in [2.75, 3.05) is 0 Å². The minimum atomic E-state index is 0.276. The van der Waals surface area contributed by atoms with Crippen LogP contribution in [0.3, 0.4) is 0 Å². The van der Waals surface area contributed by atoms with Gasteiger partial charge in [0, 0.05) is 17.9 Å². The molecule has 2 rings (SSSR count).